The van der Waals surface area contributed by atoms with Crippen molar-refractivity contribution in [3.63, 3.8) is 0 Å². The van der Waals surface area contributed by atoms with Crippen LogP contribution >= 0.6 is 11.6 Å². The molecule has 0 spiro atoms. The van der Waals surface area contributed by atoms with Gasteiger partial charge in [0.05, 0.1) is 23.3 Å². The van der Waals surface area contributed by atoms with Crippen molar-refractivity contribution in [1.82, 2.24) is 34.9 Å². The van der Waals surface area contributed by atoms with Gasteiger partial charge < -0.3 is 20.1 Å². The first kappa shape index (κ1) is 25.3. The van der Waals surface area contributed by atoms with E-state index in [1.54, 1.807) is 18.6 Å². The summed E-state index contributed by atoms with van der Waals surface area (Å²) in [6, 6.07) is 20.0. The van der Waals surface area contributed by atoms with Crippen LogP contribution in [-0.4, -0.2) is 74.2 Å². The van der Waals surface area contributed by atoms with E-state index in [9.17, 15) is 4.79 Å². The number of H-pyrrole nitrogens is 2. The zero-order valence-electron chi connectivity index (χ0n) is 22.4. The number of anilines is 1. The van der Waals surface area contributed by atoms with E-state index in [0.717, 1.165) is 63.0 Å². The fourth-order valence-electron chi connectivity index (χ4n) is 5.34. The molecule has 1 saturated heterocycles. The van der Waals surface area contributed by atoms with Crippen molar-refractivity contribution in [3.05, 3.63) is 84.3 Å². The number of nitrogens with zero attached hydrogens (tertiary/aromatic N) is 5. The summed E-state index contributed by atoms with van der Waals surface area (Å²) in [5, 5.41) is 13.3. The van der Waals surface area contributed by atoms with Crippen molar-refractivity contribution in [2.75, 3.05) is 38.5 Å². The third-order valence-corrected chi connectivity index (χ3v) is 7.83. The van der Waals surface area contributed by atoms with E-state index in [2.05, 4.69) is 66.7 Å². The molecule has 7 rings (SSSR count). The average Bonchev–Trinajstić information content (AvgIpc) is 3.61. The Morgan fingerprint density at radius 3 is 2.59 bits per heavy atom. The molecule has 5 heterocycles. The van der Waals surface area contributed by atoms with Crippen LogP contribution in [0.5, 0.6) is 0 Å². The standard InChI is InChI=1S/C31H27ClN8O/c1-39-8-10-40(11-9-39)31(41)35-23-13-20(16-33-18-23)21-14-26-29(37-38-30(26)34-17-21)28-15-25-24(6-3-7-27(25)36-28)19-4-2-5-22(32)12-19/h2-7,12-18,36H,8-11H2,1H3,(H,35,41)(H,34,37,38). The van der Waals surface area contributed by atoms with Crippen LogP contribution in [0.4, 0.5) is 10.5 Å². The molecule has 3 N–H and O–H groups in total. The average molecular weight is 563 g/mol. The zero-order valence-corrected chi connectivity index (χ0v) is 23.1. The highest BCUT2D eigenvalue weighted by molar-refractivity contribution is 6.31. The quantitative estimate of drug-likeness (QED) is 0.235. The molecule has 0 saturated carbocycles. The minimum Gasteiger partial charge on any atom is -0.353 e. The number of piperazine rings is 1. The van der Waals surface area contributed by atoms with E-state index in [1.165, 1.54) is 0 Å². The largest absolute Gasteiger partial charge is 0.353 e. The molecule has 0 unspecified atom stereocenters. The second-order valence-electron chi connectivity index (χ2n) is 10.3. The first-order valence-electron chi connectivity index (χ1n) is 13.4. The second kappa shape index (κ2) is 10.3. The molecule has 0 aliphatic carbocycles. The summed E-state index contributed by atoms with van der Waals surface area (Å²) >= 11 is 6.28. The number of urea groups is 1. The molecule has 1 aliphatic rings. The van der Waals surface area contributed by atoms with Gasteiger partial charge in [0.2, 0.25) is 0 Å². The molecular formula is C31H27ClN8O. The lowest BCUT2D eigenvalue weighted by Crippen LogP contribution is -2.48. The van der Waals surface area contributed by atoms with Crippen LogP contribution in [0.1, 0.15) is 0 Å². The highest BCUT2D eigenvalue weighted by atomic mass is 35.5. The van der Waals surface area contributed by atoms with Crippen molar-refractivity contribution in [2.24, 2.45) is 0 Å². The van der Waals surface area contributed by atoms with Crippen molar-refractivity contribution in [3.8, 4) is 33.6 Å². The van der Waals surface area contributed by atoms with E-state index in [0.29, 0.717) is 29.4 Å². The van der Waals surface area contributed by atoms with Gasteiger partial charge in [0.1, 0.15) is 0 Å². The van der Waals surface area contributed by atoms with Crippen LogP contribution in [0.2, 0.25) is 5.02 Å². The summed E-state index contributed by atoms with van der Waals surface area (Å²) < 4.78 is 0. The molecule has 0 bridgehead atoms. The van der Waals surface area contributed by atoms with Crippen LogP contribution in [0.15, 0.2) is 79.3 Å². The van der Waals surface area contributed by atoms with Gasteiger partial charge in [0, 0.05) is 71.0 Å². The van der Waals surface area contributed by atoms with Gasteiger partial charge in [0.25, 0.3) is 0 Å². The van der Waals surface area contributed by atoms with Gasteiger partial charge in [-0.05, 0) is 54.6 Å². The number of benzene rings is 2. The Labute approximate surface area is 241 Å². The summed E-state index contributed by atoms with van der Waals surface area (Å²) in [5.41, 5.74) is 7.89. The number of nitrogens with one attached hydrogen (secondary N) is 3. The number of aromatic nitrogens is 5. The maximum atomic E-state index is 12.8. The van der Waals surface area contributed by atoms with Crippen molar-refractivity contribution >= 4 is 45.3 Å². The molecule has 1 fully saturated rings. The van der Waals surface area contributed by atoms with Crippen LogP contribution in [-0.2, 0) is 0 Å². The number of likely N-dealkylation sites (N-methyl/N-ethyl adjacent to an activating group) is 1. The van der Waals surface area contributed by atoms with E-state index in [-0.39, 0.29) is 6.03 Å². The molecule has 6 aromatic rings. The van der Waals surface area contributed by atoms with Crippen molar-refractivity contribution in [1.29, 1.82) is 0 Å². The number of aromatic amines is 2. The third-order valence-electron chi connectivity index (χ3n) is 7.59. The van der Waals surface area contributed by atoms with Crippen LogP contribution in [0.3, 0.4) is 0 Å². The molecule has 2 amide bonds. The topological polar surface area (TPSA) is 106 Å². The first-order chi connectivity index (χ1) is 20.0. The highest BCUT2D eigenvalue weighted by Crippen LogP contribution is 2.35. The number of halogens is 1. The summed E-state index contributed by atoms with van der Waals surface area (Å²) in [6.45, 7) is 3.13. The van der Waals surface area contributed by atoms with E-state index >= 15 is 0 Å². The summed E-state index contributed by atoms with van der Waals surface area (Å²) in [7, 11) is 2.06. The number of amides is 2. The van der Waals surface area contributed by atoms with Gasteiger partial charge in [-0.2, -0.15) is 5.10 Å². The lowest BCUT2D eigenvalue weighted by atomic mass is 10.0. The summed E-state index contributed by atoms with van der Waals surface area (Å²) in [4.78, 5) is 29.4. The van der Waals surface area contributed by atoms with Crippen molar-refractivity contribution in [2.45, 2.75) is 0 Å². The Kier molecular flexibility index (Phi) is 6.37. The zero-order chi connectivity index (χ0) is 27.9. The number of fused-ring (bicyclic) bond motifs is 2. The fourth-order valence-corrected chi connectivity index (χ4v) is 5.53. The number of pyridine rings is 2. The molecule has 2 aromatic carbocycles. The molecule has 1 aliphatic heterocycles. The minimum absolute atomic E-state index is 0.112. The Balaban J connectivity index is 1.21. The van der Waals surface area contributed by atoms with E-state index < -0.39 is 0 Å². The lowest BCUT2D eigenvalue weighted by Gasteiger charge is -2.32. The molecule has 0 radical (unpaired) electrons. The molecule has 41 heavy (non-hydrogen) atoms. The normalized spacial score (nSPS) is 14.1. The first-order valence-corrected chi connectivity index (χ1v) is 13.8. The second-order valence-corrected chi connectivity index (χ2v) is 10.8. The highest BCUT2D eigenvalue weighted by Gasteiger charge is 2.19. The Morgan fingerprint density at radius 2 is 1.73 bits per heavy atom. The van der Waals surface area contributed by atoms with Crippen LogP contribution in [0, 0.1) is 0 Å². The van der Waals surface area contributed by atoms with Gasteiger partial charge in [-0.15, -0.1) is 0 Å². The monoisotopic (exact) mass is 562 g/mol. The maximum Gasteiger partial charge on any atom is 0.321 e. The Bertz CT molecular complexity index is 1900. The van der Waals surface area contributed by atoms with E-state index in [4.69, 9.17) is 11.6 Å². The molecule has 4 aromatic heterocycles. The van der Waals surface area contributed by atoms with Gasteiger partial charge in [-0.1, -0.05) is 35.9 Å². The predicted octanol–water partition coefficient (Wildman–Crippen LogP) is 6.27. The summed E-state index contributed by atoms with van der Waals surface area (Å²) in [5.74, 6) is 0. The van der Waals surface area contributed by atoms with Crippen molar-refractivity contribution < 1.29 is 4.79 Å². The number of hydrogen-bond donors (Lipinski definition) is 3. The molecule has 9 nitrogen and oxygen atoms in total. The number of carbonyl (C=O) groups is 1. The van der Waals surface area contributed by atoms with Gasteiger partial charge >= 0.3 is 6.03 Å². The Morgan fingerprint density at radius 1 is 0.902 bits per heavy atom. The number of hydrogen-bond acceptors (Lipinski definition) is 5. The van der Waals surface area contributed by atoms with Crippen LogP contribution in [0.25, 0.3) is 55.6 Å². The van der Waals surface area contributed by atoms with Gasteiger partial charge in [-0.3, -0.25) is 10.1 Å². The predicted molar refractivity (Wildman–Crippen MR) is 163 cm³/mol. The van der Waals surface area contributed by atoms with Gasteiger partial charge in [0.15, 0.2) is 5.65 Å². The third kappa shape index (κ3) is 4.90. The number of carbonyl (C=O) groups excluding carboxylic acids is 1. The smallest absolute Gasteiger partial charge is 0.321 e. The molecule has 10 heteroatoms. The molecule has 204 valence electrons. The van der Waals surface area contributed by atoms with Crippen LogP contribution < -0.4 is 5.32 Å². The van der Waals surface area contributed by atoms with E-state index in [1.807, 2.05) is 41.3 Å². The Hall–Kier alpha value is -4.73. The molecule has 0 atom stereocenters. The fraction of sp³-hybridized carbons (Fsp3) is 0.161. The maximum absolute atomic E-state index is 12.8. The molecular weight excluding hydrogens is 536 g/mol. The van der Waals surface area contributed by atoms with Gasteiger partial charge in [-0.25, -0.2) is 9.78 Å². The summed E-state index contributed by atoms with van der Waals surface area (Å²) in [6.07, 6.45) is 5.21. The lowest BCUT2D eigenvalue weighted by molar-refractivity contribution is 0.164. The minimum atomic E-state index is -0.112. The SMILES string of the molecule is CN1CCN(C(=O)Nc2cncc(-c3cnc4n[nH]c(-c5cc6c(-c7cccc(Cl)c7)cccc6[nH]5)c4c3)c2)CC1. The number of rotatable bonds is 4.